The molecule has 3 aromatic rings. The Balaban J connectivity index is 1.59. The molecule has 7 heteroatoms. The first-order valence-corrected chi connectivity index (χ1v) is 9.24. The summed E-state index contributed by atoms with van der Waals surface area (Å²) in [4.78, 5) is 21.7. The van der Waals surface area contributed by atoms with Crippen LogP contribution in [0.15, 0.2) is 24.4 Å². The van der Waals surface area contributed by atoms with E-state index in [1.54, 1.807) is 31.3 Å². The fraction of sp³-hybridized carbons (Fsp3) is 0.286. The van der Waals surface area contributed by atoms with Gasteiger partial charge in [-0.25, -0.2) is 4.98 Å². The number of benzene rings is 1. The van der Waals surface area contributed by atoms with Crippen LogP contribution in [0.1, 0.15) is 45.8 Å². The standard InChI is InChI=1S/C21H19N5O2/c1-26-10-12-5-16(17(28-2)6-15(12)21(26)27)24-18-7-14(11-3-4-11)19-13(8-22)9-23-20(19)25-18/h5-7,9,11H,3-4,10H2,1-2H3,(H2,23,24,25). The Morgan fingerprint density at radius 1 is 1.36 bits per heavy atom. The molecule has 28 heavy (non-hydrogen) atoms. The van der Waals surface area contributed by atoms with Crippen LogP contribution in [0.2, 0.25) is 0 Å². The number of anilines is 2. The number of pyridine rings is 1. The number of aromatic nitrogens is 2. The van der Waals surface area contributed by atoms with E-state index in [4.69, 9.17) is 4.74 Å². The van der Waals surface area contributed by atoms with Crippen LogP contribution < -0.4 is 10.1 Å². The van der Waals surface area contributed by atoms with Gasteiger partial charge in [-0.15, -0.1) is 0 Å². The van der Waals surface area contributed by atoms with Crippen molar-refractivity contribution in [2.75, 3.05) is 19.5 Å². The molecule has 0 radical (unpaired) electrons. The second-order valence-corrected chi connectivity index (χ2v) is 7.40. The van der Waals surface area contributed by atoms with Crippen LogP contribution >= 0.6 is 0 Å². The van der Waals surface area contributed by atoms with E-state index in [2.05, 4.69) is 21.4 Å². The minimum atomic E-state index is 0.00540. The average molecular weight is 373 g/mol. The van der Waals surface area contributed by atoms with E-state index in [0.29, 0.717) is 40.8 Å². The van der Waals surface area contributed by atoms with E-state index < -0.39 is 0 Å². The second kappa shape index (κ2) is 5.99. The van der Waals surface area contributed by atoms with Crippen molar-refractivity contribution in [1.82, 2.24) is 14.9 Å². The van der Waals surface area contributed by atoms with Crippen LogP contribution in [-0.2, 0) is 6.54 Å². The van der Waals surface area contributed by atoms with Gasteiger partial charge in [-0.3, -0.25) is 4.79 Å². The molecule has 1 fully saturated rings. The van der Waals surface area contributed by atoms with E-state index in [1.807, 2.05) is 12.1 Å². The highest BCUT2D eigenvalue weighted by atomic mass is 16.5. The molecule has 0 atom stereocenters. The Bertz CT molecular complexity index is 1170. The Labute approximate surface area is 161 Å². The van der Waals surface area contributed by atoms with Gasteiger partial charge in [-0.2, -0.15) is 5.26 Å². The first kappa shape index (κ1) is 16.6. The molecule has 1 aliphatic carbocycles. The molecule has 1 aromatic carbocycles. The minimum absolute atomic E-state index is 0.00540. The van der Waals surface area contributed by atoms with Crippen molar-refractivity contribution < 1.29 is 9.53 Å². The summed E-state index contributed by atoms with van der Waals surface area (Å²) in [5, 5.41) is 13.7. The maximum absolute atomic E-state index is 12.2. The van der Waals surface area contributed by atoms with E-state index in [-0.39, 0.29) is 5.91 Å². The number of carbonyl (C=O) groups is 1. The van der Waals surface area contributed by atoms with Crippen LogP contribution in [0.25, 0.3) is 11.0 Å². The van der Waals surface area contributed by atoms with Crippen LogP contribution in [0.4, 0.5) is 11.5 Å². The Morgan fingerprint density at radius 2 is 2.18 bits per heavy atom. The predicted molar refractivity (Wildman–Crippen MR) is 105 cm³/mol. The molecule has 2 aromatic heterocycles. The van der Waals surface area contributed by atoms with Crippen LogP contribution in [0.5, 0.6) is 5.75 Å². The van der Waals surface area contributed by atoms with Crippen molar-refractivity contribution in [3.05, 3.63) is 46.6 Å². The van der Waals surface area contributed by atoms with Gasteiger partial charge in [-0.05, 0) is 48.1 Å². The quantitative estimate of drug-likeness (QED) is 0.728. The van der Waals surface area contributed by atoms with Crippen LogP contribution in [0, 0.1) is 11.3 Å². The smallest absolute Gasteiger partial charge is 0.254 e. The highest BCUT2D eigenvalue weighted by Crippen LogP contribution is 2.45. The Kier molecular flexibility index (Phi) is 3.56. The topological polar surface area (TPSA) is 94.0 Å². The maximum Gasteiger partial charge on any atom is 0.254 e. The van der Waals surface area contributed by atoms with Gasteiger partial charge in [0.1, 0.15) is 23.3 Å². The van der Waals surface area contributed by atoms with Crippen molar-refractivity contribution in [3.63, 3.8) is 0 Å². The molecular formula is C21H19N5O2. The lowest BCUT2D eigenvalue weighted by molar-refractivity contribution is 0.0816. The number of nitriles is 1. The zero-order valence-corrected chi connectivity index (χ0v) is 15.7. The van der Waals surface area contributed by atoms with E-state index in [0.717, 1.165) is 35.0 Å². The average Bonchev–Trinajstić information content (AvgIpc) is 3.40. The lowest BCUT2D eigenvalue weighted by Gasteiger charge is -2.13. The van der Waals surface area contributed by atoms with Gasteiger partial charge >= 0.3 is 0 Å². The number of carbonyl (C=O) groups excluding carboxylic acids is 1. The molecule has 0 bridgehead atoms. The molecular weight excluding hydrogens is 354 g/mol. The first-order chi connectivity index (χ1) is 13.6. The third-order valence-electron chi connectivity index (χ3n) is 5.48. The third-order valence-corrected chi connectivity index (χ3v) is 5.48. The SMILES string of the molecule is COc1cc2c(cc1Nc1cc(C3CC3)c3c(C#N)c[nH]c3n1)CN(C)C2=O. The van der Waals surface area contributed by atoms with Crippen LogP contribution in [0.3, 0.4) is 0 Å². The highest BCUT2D eigenvalue weighted by Gasteiger charge is 2.29. The molecule has 3 heterocycles. The van der Waals surface area contributed by atoms with Crippen molar-refractivity contribution >= 4 is 28.4 Å². The molecule has 140 valence electrons. The molecule has 5 rings (SSSR count). The lowest BCUT2D eigenvalue weighted by Crippen LogP contribution is -2.17. The third kappa shape index (κ3) is 2.49. The van der Waals surface area contributed by atoms with Crippen LogP contribution in [-0.4, -0.2) is 34.9 Å². The number of nitrogens with one attached hydrogen (secondary N) is 2. The number of aromatic amines is 1. The van der Waals surface area contributed by atoms with E-state index in [9.17, 15) is 10.1 Å². The Hall–Kier alpha value is -3.53. The number of hydrogen-bond acceptors (Lipinski definition) is 5. The number of H-pyrrole nitrogens is 1. The van der Waals surface area contributed by atoms with Gasteiger partial charge in [0.25, 0.3) is 5.91 Å². The summed E-state index contributed by atoms with van der Waals surface area (Å²) in [6.45, 7) is 0.578. The largest absolute Gasteiger partial charge is 0.495 e. The van der Waals surface area contributed by atoms with Gasteiger partial charge in [0.05, 0.1) is 18.4 Å². The zero-order chi connectivity index (χ0) is 19.4. The molecule has 7 nitrogen and oxygen atoms in total. The molecule has 1 aliphatic heterocycles. The highest BCUT2D eigenvalue weighted by molar-refractivity contribution is 5.99. The molecule has 0 saturated heterocycles. The fourth-order valence-corrected chi connectivity index (χ4v) is 3.93. The van der Waals surface area contributed by atoms with Crippen molar-refractivity contribution in [1.29, 1.82) is 5.26 Å². The second-order valence-electron chi connectivity index (χ2n) is 7.40. The summed E-state index contributed by atoms with van der Waals surface area (Å²) in [5.74, 6) is 1.77. The molecule has 2 N–H and O–H groups in total. The Morgan fingerprint density at radius 3 is 2.89 bits per heavy atom. The summed E-state index contributed by atoms with van der Waals surface area (Å²) >= 11 is 0. The monoisotopic (exact) mass is 373 g/mol. The van der Waals surface area contributed by atoms with E-state index >= 15 is 0 Å². The van der Waals surface area contributed by atoms with Crippen molar-refractivity contribution in [3.8, 4) is 11.8 Å². The predicted octanol–water partition coefficient (Wildman–Crippen LogP) is 3.65. The number of fused-ring (bicyclic) bond motifs is 2. The number of rotatable bonds is 4. The van der Waals surface area contributed by atoms with Crippen molar-refractivity contribution in [2.45, 2.75) is 25.3 Å². The van der Waals surface area contributed by atoms with E-state index in [1.165, 1.54) is 0 Å². The molecule has 2 aliphatic rings. The molecule has 0 spiro atoms. The first-order valence-electron chi connectivity index (χ1n) is 9.24. The van der Waals surface area contributed by atoms with Gasteiger partial charge < -0.3 is 19.9 Å². The fourth-order valence-electron chi connectivity index (χ4n) is 3.93. The number of amides is 1. The number of methoxy groups -OCH3 is 1. The summed E-state index contributed by atoms with van der Waals surface area (Å²) < 4.78 is 5.51. The summed E-state index contributed by atoms with van der Waals surface area (Å²) in [5.41, 5.74) is 4.90. The van der Waals surface area contributed by atoms with Gasteiger partial charge in [-0.1, -0.05) is 0 Å². The van der Waals surface area contributed by atoms with Gasteiger partial charge in [0, 0.05) is 30.7 Å². The lowest BCUT2D eigenvalue weighted by atomic mass is 10.0. The van der Waals surface area contributed by atoms with Gasteiger partial charge in [0.15, 0.2) is 0 Å². The molecule has 0 unspecified atom stereocenters. The zero-order valence-electron chi connectivity index (χ0n) is 15.7. The molecule has 1 amide bonds. The summed E-state index contributed by atoms with van der Waals surface area (Å²) in [6.07, 6.45) is 3.97. The minimum Gasteiger partial charge on any atom is -0.495 e. The number of hydrogen-bond donors (Lipinski definition) is 2. The number of ether oxygens (including phenoxy) is 1. The molecule has 1 saturated carbocycles. The maximum atomic E-state index is 12.2. The van der Waals surface area contributed by atoms with Gasteiger partial charge in [0.2, 0.25) is 0 Å². The summed E-state index contributed by atoms with van der Waals surface area (Å²) in [6, 6.07) is 8.01. The normalized spacial score (nSPS) is 15.6. The number of nitrogens with zero attached hydrogens (tertiary/aromatic N) is 3. The summed E-state index contributed by atoms with van der Waals surface area (Å²) in [7, 11) is 3.38. The van der Waals surface area contributed by atoms with Crippen molar-refractivity contribution in [2.24, 2.45) is 0 Å².